The molecule has 12 N–H and O–H groups in total. The third-order valence-electron chi connectivity index (χ3n) is 10.1. The fourth-order valence-corrected chi connectivity index (χ4v) is 6.90. The monoisotopic (exact) mass is 811 g/mol. The number of primary amides is 1. The Morgan fingerprint density at radius 2 is 1.31 bits per heavy atom. The van der Waals surface area contributed by atoms with Crippen molar-refractivity contribution in [3.63, 3.8) is 0 Å². The van der Waals surface area contributed by atoms with Gasteiger partial charge < -0.3 is 48.4 Å². The van der Waals surface area contributed by atoms with Crippen molar-refractivity contribution >= 4 is 46.4 Å². The van der Waals surface area contributed by atoms with Crippen LogP contribution in [0, 0.1) is 0 Å². The lowest BCUT2D eigenvalue weighted by Gasteiger charge is -2.26. The first-order valence-electron chi connectivity index (χ1n) is 20.6. The quantitative estimate of drug-likeness (QED) is 0.0245. The maximum Gasteiger partial charge on any atom is 0.243 e. The Morgan fingerprint density at radius 1 is 0.678 bits per heavy atom. The zero-order chi connectivity index (χ0) is 42.4. The number of amides is 5. The van der Waals surface area contributed by atoms with Crippen LogP contribution in [0.1, 0.15) is 94.4 Å². The second kappa shape index (κ2) is 24.6. The van der Waals surface area contributed by atoms with Crippen molar-refractivity contribution in [1.82, 2.24) is 36.2 Å². The zero-order valence-corrected chi connectivity index (χ0v) is 34.0. The second-order valence-corrected chi connectivity index (χ2v) is 14.9. The Balaban J connectivity index is 1.50. The van der Waals surface area contributed by atoms with Crippen LogP contribution in [0.2, 0.25) is 0 Å². The number of aromatic nitrogens is 3. The van der Waals surface area contributed by atoms with E-state index in [1.54, 1.807) is 12.4 Å². The maximum absolute atomic E-state index is 14.2. The van der Waals surface area contributed by atoms with E-state index in [1.807, 2.05) is 54.6 Å². The Bertz CT molecular complexity index is 1940. The molecule has 2 aromatic carbocycles. The number of nitrogens with two attached hydrogens (primary N) is 3. The number of H-pyrrole nitrogens is 2. The number of unbranched alkanes of at least 4 members (excludes halogenated alkanes) is 7. The van der Waals surface area contributed by atoms with Gasteiger partial charge in [-0.25, -0.2) is 4.98 Å². The predicted molar refractivity (Wildman–Crippen MR) is 228 cm³/mol. The molecule has 59 heavy (non-hydrogen) atoms. The number of hydrogen-bond donors (Lipinski definition) is 9. The van der Waals surface area contributed by atoms with Gasteiger partial charge in [-0.15, -0.1) is 0 Å². The maximum atomic E-state index is 14.2. The van der Waals surface area contributed by atoms with Gasteiger partial charge in [-0.1, -0.05) is 100 Å². The van der Waals surface area contributed by atoms with E-state index in [4.69, 9.17) is 17.2 Å². The van der Waals surface area contributed by atoms with Crippen molar-refractivity contribution in [3.05, 3.63) is 90.1 Å². The van der Waals surface area contributed by atoms with Crippen LogP contribution in [0.4, 0.5) is 0 Å². The van der Waals surface area contributed by atoms with E-state index in [9.17, 15) is 24.0 Å². The van der Waals surface area contributed by atoms with Gasteiger partial charge in [-0.05, 0) is 36.5 Å². The molecular formula is C43H61N11O5. The number of para-hydroxylation sites is 1. The van der Waals surface area contributed by atoms with Gasteiger partial charge in [0.15, 0.2) is 5.96 Å². The lowest BCUT2D eigenvalue weighted by Crippen LogP contribution is -2.59. The molecule has 16 heteroatoms. The Kier molecular flexibility index (Phi) is 18.9. The average molecular weight is 812 g/mol. The van der Waals surface area contributed by atoms with Crippen LogP contribution in [0.5, 0.6) is 0 Å². The summed E-state index contributed by atoms with van der Waals surface area (Å²) in [4.78, 5) is 82.3. The van der Waals surface area contributed by atoms with Crippen molar-refractivity contribution in [2.75, 3.05) is 6.54 Å². The van der Waals surface area contributed by atoms with Crippen LogP contribution < -0.4 is 38.5 Å². The molecule has 0 saturated heterocycles. The molecule has 4 aromatic rings. The number of carbonyl (C=O) groups is 5. The highest BCUT2D eigenvalue weighted by atomic mass is 16.2. The molecule has 0 fully saturated rings. The smallest absolute Gasteiger partial charge is 0.243 e. The Morgan fingerprint density at radius 3 is 1.98 bits per heavy atom. The first kappa shape index (κ1) is 45.5. The molecule has 0 bridgehead atoms. The van der Waals surface area contributed by atoms with E-state index < -0.39 is 47.8 Å². The number of nitrogens with one attached hydrogen (secondary N) is 6. The van der Waals surface area contributed by atoms with Crippen molar-refractivity contribution in [1.29, 1.82) is 0 Å². The molecule has 4 atom stereocenters. The number of rotatable bonds is 27. The van der Waals surface area contributed by atoms with E-state index in [0.717, 1.165) is 41.3 Å². The molecule has 2 heterocycles. The summed E-state index contributed by atoms with van der Waals surface area (Å²) in [5.74, 6) is -3.03. The summed E-state index contributed by atoms with van der Waals surface area (Å²) >= 11 is 0. The lowest BCUT2D eigenvalue weighted by molar-refractivity contribution is -0.134. The second-order valence-electron chi connectivity index (χ2n) is 14.9. The molecule has 0 aliphatic rings. The van der Waals surface area contributed by atoms with Crippen LogP contribution >= 0.6 is 0 Å². The van der Waals surface area contributed by atoms with Crippen LogP contribution in [0.15, 0.2) is 78.3 Å². The highest BCUT2D eigenvalue weighted by Crippen LogP contribution is 2.19. The number of imidazole rings is 1. The van der Waals surface area contributed by atoms with Gasteiger partial charge in [0, 0.05) is 61.2 Å². The number of benzene rings is 2. The van der Waals surface area contributed by atoms with E-state index in [1.165, 1.54) is 32.0 Å². The average Bonchev–Trinajstić information content (AvgIpc) is 3.89. The van der Waals surface area contributed by atoms with Gasteiger partial charge in [0.2, 0.25) is 29.5 Å². The van der Waals surface area contributed by atoms with Gasteiger partial charge in [0.05, 0.1) is 6.33 Å². The van der Waals surface area contributed by atoms with Gasteiger partial charge in [-0.3, -0.25) is 29.0 Å². The molecule has 0 aliphatic carbocycles. The number of carbonyl (C=O) groups excluding carboxylic acids is 5. The van der Waals surface area contributed by atoms with E-state index in [2.05, 4.69) is 48.1 Å². The van der Waals surface area contributed by atoms with Crippen molar-refractivity contribution < 1.29 is 24.0 Å². The third kappa shape index (κ3) is 15.9. The number of hydrogen-bond acceptors (Lipinski definition) is 7. The molecule has 0 unspecified atom stereocenters. The molecule has 5 amide bonds. The zero-order valence-electron chi connectivity index (χ0n) is 34.0. The summed E-state index contributed by atoms with van der Waals surface area (Å²) in [5, 5.41) is 12.1. The van der Waals surface area contributed by atoms with Crippen LogP contribution in [0.25, 0.3) is 10.9 Å². The Labute approximate surface area is 345 Å². The lowest BCUT2D eigenvalue weighted by atomic mass is 10.0. The molecule has 0 saturated carbocycles. The van der Waals surface area contributed by atoms with Gasteiger partial charge in [0.1, 0.15) is 24.2 Å². The first-order valence-corrected chi connectivity index (χ1v) is 20.6. The number of fused-ring (bicyclic) bond motifs is 1. The summed E-state index contributed by atoms with van der Waals surface area (Å²) in [6, 6.07) is 12.2. The SMILES string of the molecule is CCCCCCCCCCC(=O)N[C@@H](Cc1cnc[nH]1)C(=O)N[C@H](Cc1ccccc1)C(=O)N[C@@H](CCCN=C(N)N)C(=O)N[C@@H](Cc1c[nH]c2ccccc12)C(N)=O. The van der Waals surface area contributed by atoms with Crippen molar-refractivity contribution in [2.45, 2.75) is 121 Å². The molecule has 318 valence electrons. The van der Waals surface area contributed by atoms with Gasteiger partial charge >= 0.3 is 0 Å². The van der Waals surface area contributed by atoms with Gasteiger partial charge in [-0.2, -0.15) is 0 Å². The highest BCUT2D eigenvalue weighted by Gasteiger charge is 2.32. The minimum atomic E-state index is -1.16. The molecule has 4 rings (SSSR count). The first-order chi connectivity index (χ1) is 28.5. The number of aliphatic imine (C=N–C) groups is 1. The molecule has 2 aromatic heterocycles. The molecule has 16 nitrogen and oxygen atoms in total. The molecule has 0 aliphatic heterocycles. The van der Waals surface area contributed by atoms with Crippen LogP contribution in [-0.4, -0.2) is 81.2 Å². The summed E-state index contributed by atoms with van der Waals surface area (Å²) in [6.45, 7) is 2.36. The van der Waals surface area contributed by atoms with Crippen molar-refractivity contribution in [2.24, 2.45) is 22.2 Å². The van der Waals surface area contributed by atoms with Crippen molar-refractivity contribution in [3.8, 4) is 0 Å². The standard InChI is InChI=1S/C43H61N11O5/c1-2-3-4-5-6-7-8-12-21-38(55)51-37(25-31-27-47-28-50-31)42(59)54-36(23-29-16-10-9-11-17-29)41(58)52-34(20-15-22-48-43(45)46)40(57)53-35(39(44)56)24-30-26-49-33-19-14-13-18-32(30)33/h9-11,13-14,16-19,26-28,34-37,49H,2-8,12,15,20-25H2,1H3,(H2,44,56)(H,47,50)(H,51,55)(H,52,58)(H,53,57)(H,54,59)(H4,45,46,48)/t34-,35-,36+,37-/m0/s1. The fraction of sp³-hybridized carbons (Fsp3) is 0.465. The summed E-state index contributed by atoms with van der Waals surface area (Å²) in [5.41, 5.74) is 19.8. The van der Waals surface area contributed by atoms with E-state index in [0.29, 0.717) is 18.5 Å². The largest absolute Gasteiger partial charge is 0.370 e. The summed E-state index contributed by atoms with van der Waals surface area (Å²) in [7, 11) is 0. The summed E-state index contributed by atoms with van der Waals surface area (Å²) in [6.07, 6.45) is 14.4. The van der Waals surface area contributed by atoms with Crippen LogP contribution in [-0.2, 0) is 43.2 Å². The predicted octanol–water partition coefficient (Wildman–Crippen LogP) is 2.93. The number of nitrogens with zero attached hydrogens (tertiary/aromatic N) is 2. The van der Waals surface area contributed by atoms with E-state index in [-0.39, 0.29) is 50.5 Å². The minimum Gasteiger partial charge on any atom is -0.370 e. The van der Waals surface area contributed by atoms with Gasteiger partial charge in [0.25, 0.3) is 0 Å². The topological polar surface area (TPSA) is 268 Å². The molecule has 0 radical (unpaired) electrons. The Hall–Kier alpha value is -6.19. The number of guanidine groups is 1. The normalized spacial score (nSPS) is 13.1. The fourth-order valence-electron chi connectivity index (χ4n) is 6.90. The summed E-state index contributed by atoms with van der Waals surface area (Å²) < 4.78 is 0. The van der Waals surface area contributed by atoms with Crippen LogP contribution in [0.3, 0.4) is 0 Å². The minimum absolute atomic E-state index is 0.0776. The molecular weight excluding hydrogens is 751 g/mol. The number of aromatic amines is 2. The van der Waals surface area contributed by atoms with E-state index >= 15 is 0 Å². The highest BCUT2D eigenvalue weighted by molar-refractivity contribution is 5.96. The third-order valence-corrected chi connectivity index (χ3v) is 10.1. The molecule has 0 spiro atoms.